The highest BCUT2D eigenvalue weighted by atomic mass is 14.6. The van der Waals surface area contributed by atoms with Crippen molar-refractivity contribution in [2.24, 2.45) is 35.0 Å². The Morgan fingerprint density at radius 3 is 2.61 bits per heavy atom. The Bertz CT molecular complexity index is 320. The zero-order valence-corrected chi connectivity index (χ0v) is 12.2. The van der Waals surface area contributed by atoms with Crippen LogP contribution in [-0.2, 0) is 0 Å². The van der Waals surface area contributed by atoms with Gasteiger partial charge in [-0.3, -0.25) is 0 Å². The summed E-state index contributed by atoms with van der Waals surface area (Å²) in [6.07, 6.45) is 17.3. The van der Waals surface area contributed by atoms with Gasteiger partial charge in [0.15, 0.2) is 0 Å². The highest BCUT2D eigenvalue weighted by Crippen LogP contribution is 2.62. The van der Waals surface area contributed by atoms with Crippen LogP contribution in [0.2, 0.25) is 0 Å². The summed E-state index contributed by atoms with van der Waals surface area (Å²) in [6, 6.07) is 0. The summed E-state index contributed by atoms with van der Waals surface area (Å²) in [5.74, 6) is 5.67. The standard InChI is InChI=1S/C18H30/c1-18-12-3-2-6-14(18)9-10-16-15-7-4-5-13(15)8-11-17(16)18/h13-17H,2-12H2,1H3/t13-,14?,15+,16-,17-,18-/m0/s1. The fourth-order valence-electron chi connectivity index (χ4n) is 6.91. The molecule has 0 spiro atoms. The molecule has 0 saturated heterocycles. The maximum absolute atomic E-state index is 2.70. The lowest BCUT2D eigenvalue weighted by Gasteiger charge is -2.58. The van der Waals surface area contributed by atoms with Crippen molar-refractivity contribution in [3.63, 3.8) is 0 Å². The number of hydrogen-bond acceptors (Lipinski definition) is 0. The minimum atomic E-state index is 0.759. The summed E-state index contributed by atoms with van der Waals surface area (Å²) in [7, 11) is 0. The van der Waals surface area contributed by atoms with Crippen LogP contribution in [0.1, 0.15) is 77.6 Å². The first-order valence-corrected chi connectivity index (χ1v) is 8.79. The molecule has 0 aromatic carbocycles. The lowest BCUT2D eigenvalue weighted by Crippen LogP contribution is -2.49. The number of fused-ring (bicyclic) bond motifs is 5. The van der Waals surface area contributed by atoms with Gasteiger partial charge in [-0.2, -0.15) is 0 Å². The van der Waals surface area contributed by atoms with E-state index in [1.54, 1.807) is 57.8 Å². The third-order valence-corrected chi connectivity index (χ3v) is 7.78. The molecule has 18 heavy (non-hydrogen) atoms. The van der Waals surface area contributed by atoms with E-state index in [1.807, 2.05) is 0 Å². The second-order valence-electron chi connectivity index (χ2n) is 8.23. The molecule has 0 aromatic heterocycles. The van der Waals surface area contributed by atoms with E-state index in [9.17, 15) is 0 Å². The van der Waals surface area contributed by atoms with E-state index in [1.165, 1.54) is 12.8 Å². The van der Waals surface area contributed by atoms with Crippen molar-refractivity contribution in [2.45, 2.75) is 77.6 Å². The first-order chi connectivity index (χ1) is 8.79. The third-order valence-electron chi connectivity index (χ3n) is 7.78. The van der Waals surface area contributed by atoms with Gasteiger partial charge in [0, 0.05) is 0 Å². The summed E-state index contributed by atoms with van der Waals surface area (Å²) in [5.41, 5.74) is 0.759. The van der Waals surface area contributed by atoms with Gasteiger partial charge in [-0.15, -0.1) is 0 Å². The fraction of sp³-hybridized carbons (Fsp3) is 1.00. The lowest BCUT2D eigenvalue weighted by atomic mass is 9.47. The molecule has 0 radical (unpaired) electrons. The van der Waals surface area contributed by atoms with Crippen LogP contribution < -0.4 is 0 Å². The van der Waals surface area contributed by atoms with Gasteiger partial charge in [0.2, 0.25) is 0 Å². The molecule has 0 amide bonds. The molecule has 0 aromatic rings. The summed E-state index contributed by atoms with van der Waals surface area (Å²) >= 11 is 0. The van der Waals surface area contributed by atoms with Crippen molar-refractivity contribution in [3.05, 3.63) is 0 Å². The second-order valence-corrected chi connectivity index (χ2v) is 8.23. The predicted molar refractivity (Wildman–Crippen MR) is 76.3 cm³/mol. The zero-order chi connectivity index (χ0) is 12.2. The summed E-state index contributed by atoms with van der Waals surface area (Å²) in [6.45, 7) is 2.70. The molecule has 4 aliphatic rings. The molecule has 4 saturated carbocycles. The molecular formula is C18H30. The Labute approximate surface area is 113 Å². The van der Waals surface area contributed by atoms with Crippen molar-refractivity contribution in [1.29, 1.82) is 0 Å². The number of rotatable bonds is 0. The van der Waals surface area contributed by atoms with E-state index in [0.717, 1.165) is 35.0 Å². The Morgan fingerprint density at radius 2 is 1.67 bits per heavy atom. The molecule has 0 nitrogen and oxygen atoms in total. The topological polar surface area (TPSA) is 0 Å². The zero-order valence-electron chi connectivity index (χ0n) is 12.2. The fourth-order valence-corrected chi connectivity index (χ4v) is 6.91. The van der Waals surface area contributed by atoms with Crippen molar-refractivity contribution in [1.82, 2.24) is 0 Å². The molecule has 0 heterocycles. The smallest absolute Gasteiger partial charge is 0.0266 e. The second kappa shape index (κ2) is 4.25. The Hall–Kier alpha value is 0. The van der Waals surface area contributed by atoms with Gasteiger partial charge in [-0.1, -0.05) is 32.6 Å². The van der Waals surface area contributed by atoms with Crippen molar-refractivity contribution >= 4 is 0 Å². The molecule has 4 rings (SSSR count). The normalized spacial score (nSPS) is 55.5. The summed E-state index contributed by atoms with van der Waals surface area (Å²) < 4.78 is 0. The molecule has 102 valence electrons. The van der Waals surface area contributed by atoms with Crippen LogP contribution in [0.3, 0.4) is 0 Å². The van der Waals surface area contributed by atoms with Crippen molar-refractivity contribution in [3.8, 4) is 0 Å². The van der Waals surface area contributed by atoms with E-state index < -0.39 is 0 Å². The van der Waals surface area contributed by atoms with Crippen LogP contribution in [-0.4, -0.2) is 0 Å². The highest BCUT2D eigenvalue weighted by Gasteiger charge is 2.53. The van der Waals surface area contributed by atoms with E-state index in [2.05, 4.69) is 6.92 Å². The van der Waals surface area contributed by atoms with Gasteiger partial charge in [-0.25, -0.2) is 0 Å². The minimum absolute atomic E-state index is 0.759. The quantitative estimate of drug-likeness (QED) is 0.535. The minimum Gasteiger partial charge on any atom is -0.0591 e. The molecule has 0 bridgehead atoms. The van der Waals surface area contributed by atoms with Crippen LogP contribution in [0.15, 0.2) is 0 Å². The highest BCUT2D eigenvalue weighted by molar-refractivity contribution is 5.03. The largest absolute Gasteiger partial charge is 0.0591 e. The third kappa shape index (κ3) is 1.56. The molecule has 0 aliphatic heterocycles. The molecule has 0 N–H and O–H groups in total. The Kier molecular flexibility index (Phi) is 2.79. The predicted octanol–water partition coefficient (Wildman–Crippen LogP) is 5.42. The monoisotopic (exact) mass is 246 g/mol. The van der Waals surface area contributed by atoms with E-state index in [-0.39, 0.29) is 0 Å². The van der Waals surface area contributed by atoms with Gasteiger partial charge in [0.1, 0.15) is 0 Å². The molecular weight excluding hydrogens is 216 g/mol. The van der Waals surface area contributed by atoms with E-state index in [0.29, 0.717) is 0 Å². The van der Waals surface area contributed by atoms with Gasteiger partial charge in [0.25, 0.3) is 0 Å². The van der Waals surface area contributed by atoms with Crippen LogP contribution in [0.5, 0.6) is 0 Å². The number of hydrogen-bond donors (Lipinski definition) is 0. The maximum Gasteiger partial charge on any atom is -0.0266 e. The van der Waals surface area contributed by atoms with Crippen molar-refractivity contribution < 1.29 is 0 Å². The van der Waals surface area contributed by atoms with Gasteiger partial charge < -0.3 is 0 Å². The SMILES string of the molecule is C[C@]12CCCCC1CC[C@H]1[C@@H]3CCC[C@H]3CC[C@@H]12. The molecule has 6 atom stereocenters. The molecule has 0 heteroatoms. The van der Waals surface area contributed by atoms with Crippen LogP contribution in [0.25, 0.3) is 0 Å². The first-order valence-electron chi connectivity index (χ1n) is 8.79. The molecule has 1 unspecified atom stereocenters. The Balaban J connectivity index is 1.62. The van der Waals surface area contributed by atoms with E-state index in [4.69, 9.17) is 0 Å². The van der Waals surface area contributed by atoms with Crippen molar-refractivity contribution in [2.75, 3.05) is 0 Å². The van der Waals surface area contributed by atoms with Gasteiger partial charge in [0.05, 0.1) is 0 Å². The first kappa shape index (κ1) is 11.8. The van der Waals surface area contributed by atoms with Crippen LogP contribution in [0, 0.1) is 35.0 Å². The van der Waals surface area contributed by atoms with Gasteiger partial charge >= 0.3 is 0 Å². The average Bonchev–Trinajstić information content (AvgIpc) is 2.86. The van der Waals surface area contributed by atoms with Crippen LogP contribution >= 0.6 is 0 Å². The Morgan fingerprint density at radius 1 is 0.722 bits per heavy atom. The summed E-state index contributed by atoms with van der Waals surface area (Å²) in [4.78, 5) is 0. The maximum atomic E-state index is 2.70. The molecule has 4 fully saturated rings. The van der Waals surface area contributed by atoms with E-state index >= 15 is 0 Å². The molecule has 4 aliphatic carbocycles. The van der Waals surface area contributed by atoms with Gasteiger partial charge in [-0.05, 0) is 80.0 Å². The summed E-state index contributed by atoms with van der Waals surface area (Å²) in [5, 5.41) is 0. The van der Waals surface area contributed by atoms with Crippen LogP contribution in [0.4, 0.5) is 0 Å². The lowest BCUT2D eigenvalue weighted by molar-refractivity contribution is -0.0834. The average molecular weight is 246 g/mol.